The predicted octanol–water partition coefficient (Wildman–Crippen LogP) is 1.91. The molecule has 0 saturated carbocycles. The first-order chi connectivity index (χ1) is 16.0. The molecular weight excluding hydrogens is 442 g/mol. The lowest BCUT2D eigenvalue weighted by Gasteiger charge is -2.43. The molecule has 0 bridgehead atoms. The van der Waals surface area contributed by atoms with E-state index in [1.54, 1.807) is 11.8 Å². The SMILES string of the molecule is CCc1cc(-c2cc[n+](C/C=C/C3=C(C(=O)O)N4C(=O)C[C@H]4SC3)cc2)[nH]c1-c1nn[nH]n1. The van der Waals surface area contributed by atoms with E-state index >= 15 is 0 Å². The molecule has 168 valence electrons. The van der Waals surface area contributed by atoms with Gasteiger partial charge in [-0.15, -0.1) is 22.0 Å². The Kier molecular flexibility index (Phi) is 5.55. The summed E-state index contributed by atoms with van der Waals surface area (Å²) in [5, 5.41) is 23.8. The summed E-state index contributed by atoms with van der Waals surface area (Å²) in [7, 11) is 0. The van der Waals surface area contributed by atoms with E-state index in [0.29, 0.717) is 30.1 Å². The normalized spacial score (nSPS) is 18.0. The molecular formula is C22H22N7O3S+. The van der Waals surface area contributed by atoms with E-state index in [4.69, 9.17) is 0 Å². The lowest BCUT2D eigenvalue weighted by Crippen LogP contribution is -2.53. The van der Waals surface area contributed by atoms with E-state index < -0.39 is 5.97 Å². The van der Waals surface area contributed by atoms with Crippen molar-refractivity contribution in [2.45, 2.75) is 31.7 Å². The van der Waals surface area contributed by atoms with E-state index in [9.17, 15) is 14.7 Å². The molecule has 3 aromatic heterocycles. The number of hydrogen-bond donors (Lipinski definition) is 3. The molecule has 0 spiro atoms. The van der Waals surface area contributed by atoms with Crippen LogP contribution in [-0.4, -0.2) is 58.6 Å². The molecule has 1 fully saturated rings. The summed E-state index contributed by atoms with van der Waals surface area (Å²) >= 11 is 1.60. The second kappa shape index (κ2) is 8.66. The van der Waals surface area contributed by atoms with Gasteiger partial charge in [-0.2, -0.15) is 5.21 Å². The highest BCUT2D eigenvalue weighted by molar-refractivity contribution is 8.00. The number of fused-ring (bicyclic) bond motifs is 1. The Morgan fingerprint density at radius 3 is 2.88 bits per heavy atom. The standard InChI is InChI=1S/C22H21N7O3S/c1-2-13-10-16(23-19(13)21-24-26-27-25-21)14-5-8-28(9-6-14)7-3-4-15-12-33-18-11-17(30)29(18)20(15)22(31)32/h3-6,8-10,18H,2,7,11-12H2,1H3,(H2,23,24,25,26,27,31,32)/p+1/b4-3+/t18-/m1/s1. The van der Waals surface area contributed by atoms with E-state index in [1.807, 2.05) is 41.2 Å². The maximum Gasteiger partial charge on any atom is 0.352 e. The highest BCUT2D eigenvalue weighted by Gasteiger charge is 2.44. The predicted molar refractivity (Wildman–Crippen MR) is 120 cm³/mol. The van der Waals surface area contributed by atoms with Gasteiger partial charge in [0.15, 0.2) is 18.9 Å². The highest BCUT2D eigenvalue weighted by atomic mass is 32.2. The van der Waals surface area contributed by atoms with Crippen LogP contribution in [0.1, 0.15) is 18.9 Å². The molecule has 33 heavy (non-hydrogen) atoms. The van der Waals surface area contributed by atoms with Gasteiger partial charge in [0.05, 0.1) is 17.5 Å². The van der Waals surface area contributed by atoms with Crippen LogP contribution in [0.25, 0.3) is 22.8 Å². The number of amides is 1. The maximum absolute atomic E-state index is 11.9. The fourth-order valence-corrected chi connectivity index (χ4v) is 5.28. The number of rotatable bonds is 7. The monoisotopic (exact) mass is 464 g/mol. The van der Waals surface area contributed by atoms with Crippen LogP contribution in [-0.2, 0) is 22.6 Å². The number of nitrogens with one attached hydrogen (secondary N) is 2. The molecule has 0 unspecified atom stereocenters. The Morgan fingerprint density at radius 1 is 1.39 bits per heavy atom. The third-order valence-corrected chi connectivity index (χ3v) is 7.01. The van der Waals surface area contributed by atoms with Crippen LogP contribution in [0.4, 0.5) is 0 Å². The molecule has 10 nitrogen and oxygen atoms in total. The molecule has 0 aliphatic carbocycles. The van der Waals surface area contributed by atoms with Crippen molar-refractivity contribution < 1.29 is 19.3 Å². The lowest BCUT2D eigenvalue weighted by atomic mass is 10.1. The van der Waals surface area contributed by atoms with Gasteiger partial charge in [0.1, 0.15) is 5.70 Å². The summed E-state index contributed by atoms with van der Waals surface area (Å²) in [6.45, 7) is 2.66. The van der Waals surface area contributed by atoms with Crippen molar-refractivity contribution in [1.29, 1.82) is 0 Å². The second-order valence-electron chi connectivity index (χ2n) is 7.77. The van der Waals surface area contributed by atoms with Gasteiger partial charge in [0.2, 0.25) is 11.7 Å². The molecule has 0 radical (unpaired) electrons. The van der Waals surface area contributed by atoms with E-state index in [1.165, 1.54) is 4.90 Å². The number of nitrogens with zero attached hydrogens (tertiary/aromatic N) is 5. The van der Waals surface area contributed by atoms with Crippen molar-refractivity contribution in [1.82, 2.24) is 30.5 Å². The van der Waals surface area contributed by atoms with Crippen molar-refractivity contribution in [3.63, 3.8) is 0 Å². The van der Waals surface area contributed by atoms with E-state index in [0.717, 1.165) is 28.9 Å². The number of aromatic amines is 2. The first-order valence-electron chi connectivity index (χ1n) is 10.6. The third-order valence-electron chi connectivity index (χ3n) is 5.77. The summed E-state index contributed by atoms with van der Waals surface area (Å²) in [5.41, 5.74) is 4.75. The van der Waals surface area contributed by atoms with Gasteiger partial charge in [0.25, 0.3) is 0 Å². The number of carboxylic acid groups (broad SMARTS) is 1. The zero-order valence-electron chi connectivity index (χ0n) is 17.9. The Labute approximate surface area is 193 Å². The molecule has 0 aromatic carbocycles. The maximum atomic E-state index is 11.9. The van der Waals surface area contributed by atoms with Crippen molar-refractivity contribution >= 4 is 23.6 Å². The van der Waals surface area contributed by atoms with Gasteiger partial charge < -0.3 is 10.1 Å². The highest BCUT2D eigenvalue weighted by Crippen LogP contribution is 2.40. The van der Waals surface area contributed by atoms with Gasteiger partial charge in [-0.3, -0.25) is 9.69 Å². The molecule has 5 heterocycles. The average molecular weight is 465 g/mol. The topological polar surface area (TPSA) is 132 Å². The number of tetrazole rings is 1. The molecule has 5 rings (SSSR count). The lowest BCUT2D eigenvalue weighted by molar-refractivity contribution is -0.686. The molecule has 11 heteroatoms. The molecule has 2 aliphatic rings. The number of carboxylic acids is 1. The first kappa shape index (κ1) is 21.1. The van der Waals surface area contributed by atoms with Crippen LogP contribution in [0.3, 0.4) is 0 Å². The molecule has 3 N–H and O–H groups in total. The smallest absolute Gasteiger partial charge is 0.352 e. The van der Waals surface area contributed by atoms with Gasteiger partial charge in [-0.05, 0) is 34.9 Å². The summed E-state index contributed by atoms with van der Waals surface area (Å²) in [6.07, 6.45) is 8.93. The summed E-state index contributed by atoms with van der Waals surface area (Å²) in [5.74, 6) is -0.0524. The zero-order chi connectivity index (χ0) is 22.9. The summed E-state index contributed by atoms with van der Waals surface area (Å²) in [6, 6.07) is 6.12. The number of aromatic nitrogens is 6. The minimum absolute atomic E-state index is 0.0375. The number of allylic oxidation sites excluding steroid dienone is 2. The molecule has 2 aliphatic heterocycles. The summed E-state index contributed by atoms with van der Waals surface area (Å²) in [4.78, 5) is 28.4. The van der Waals surface area contributed by atoms with Crippen LogP contribution >= 0.6 is 11.8 Å². The fourth-order valence-electron chi connectivity index (χ4n) is 4.04. The first-order valence-corrected chi connectivity index (χ1v) is 11.6. The largest absolute Gasteiger partial charge is 0.477 e. The number of β-lactam (4-membered cyclic amide) rings is 1. The van der Waals surface area contributed by atoms with Crippen molar-refractivity contribution in [3.05, 3.63) is 59.6 Å². The minimum atomic E-state index is -1.05. The number of carbonyl (C=O) groups is 2. The second-order valence-corrected chi connectivity index (χ2v) is 8.94. The van der Waals surface area contributed by atoms with Crippen LogP contribution in [0, 0.1) is 0 Å². The molecule has 1 atom stereocenters. The van der Waals surface area contributed by atoms with Gasteiger partial charge in [-0.1, -0.05) is 13.0 Å². The van der Waals surface area contributed by atoms with Crippen molar-refractivity contribution in [2.24, 2.45) is 0 Å². The van der Waals surface area contributed by atoms with Gasteiger partial charge in [-0.25, -0.2) is 9.36 Å². The molecule has 1 saturated heterocycles. The Morgan fingerprint density at radius 2 is 2.21 bits per heavy atom. The summed E-state index contributed by atoms with van der Waals surface area (Å²) < 4.78 is 2.00. The number of H-pyrrole nitrogens is 2. The number of pyridine rings is 1. The average Bonchev–Trinajstić information content (AvgIpc) is 3.49. The Balaban J connectivity index is 1.31. The number of thioether (sulfide) groups is 1. The van der Waals surface area contributed by atoms with E-state index in [-0.39, 0.29) is 17.0 Å². The van der Waals surface area contributed by atoms with Crippen LogP contribution < -0.4 is 4.57 Å². The number of hydrogen-bond acceptors (Lipinski definition) is 6. The zero-order valence-corrected chi connectivity index (χ0v) is 18.7. The van der Waals surface area contributed by atoms with Crippen molar-refractivity contribution in [2.75, 3.05) is 5.75 Å². The quantitative estimate of drug-likeness (QED) is 0.359. The van der Waals surface area contributed by atoms with Crippen LogP contribution in [0.15, 0.2) is 54.0 Å². The van der Waals surface area contributed by atoms with Gasteiger partial charge >= 0.3 is 5.97 Å². The number of aliphatic carboxylic acids is 1. The third kappa shape index (κ3) is 3.95. The minimum Gasteiger partial charge on any atom is -0.477 e. The van der Waals surface area contributed by atoms with Crippen LogP contribution in [0.5, 0.6) is 0 Å². The molecule has 3 aromatic rings. The Hall–Kier alpha value is -3.73. The number of aryl methyl sites for hydroxylation is 1. The van der Waals surface area contributed by atoms with E-state index in [2.05, 4.69) is 38.6 Å². The molecule has 1 amide bonds. The number of carbonyl (C=O) groups excluding carboxylic acids is 1. The van der Waals surface area contributed by atoms with Crippen molar-refractivity contribution in [3.8, 4) is 22.8 Å². The van der Waals surface area contributed by atoms with Gasteiger partial charge in [0, 0.05) is 29.1 Å². The van der Waals surface area contributed by atoms with Crippen LogP contribution in [0.2, 0.25) is 0 Å². The Bertz CT molecular complexity index is 1260. The fraction of sp³-hybridized carbons (Fsp3) is 0.273.